The van der Waals surface area contributed by atoms with Gasteiger partial charge in [-0.3, -0.25) is 9.69 Å². The van der Waals surface area contributed by atoms with Gasteiger partial charge >= 0.3 is 6.18 Å². The Labute approximate surface area is 165 Å². The normalized spacial score (nSPS) is 23.1. The molecule has 1 unspecified atom stereocenters. The van der Waals surface area contributed by atoms with Crippen LogP contribution in [-0.2, 0) is 17.4 Å². The van der Waals surface area contributed by atoms with Crippen LogP contribution in [0, 0.1) is 5.41 Å². The van der Waals surface area contributed by atoms with Crippen molar-refractivity contribution in [3.05, 3.63) is 35.4 Å². The van der Waals surface area contributed by atoms with Crippen molar-refractivity contribution in [2.45, 2.75) is 58.3 Å². The number of rotatable bonds is 3. The number of nitrogens with zero attached hydrogens (tertiary/aromatic N) is 2. The molecule has 2 heterocycles. The highest BCUT2D eigenvalue weighted by Crippen LogP contribution is 2.38. The van der Waals surface area contributed by atoms with Crippen LogP contribution in [0.2, 0.25) is 0 Å². The number of alkyl halides is 3. The molecule has 2 fully saturated rings. The third-order valence-corrected chi connectivity index (χ3v) is 5.66. The van der Waals surface area contributed by atoms with Crippen LogP contribution in [0.4, 0.5) is 13.2 Å². The van der Waals surface area contributed by atoms with Gasteiger partial charge in [-0.2, -0.15) is 13.2 Å². The van der Waals surface area contributed by atoms with E-state index in [0.717, 1.165) is 57.5 Å². The Balaban J connectivity index is 0.00000261. The second-order valence-electron chi connectivity index (χ2n) is 8.17. The highest BCUT2D eigenvalue weighted by Gasteiger charge is 2.43. The summed E-state index contributed by atoms with van der Waals surface area (Å²) in [5.74, 6) is 0.00873. The van der Waals surface area contributed by atoms with Crippen LogP contribution in [-0.4, -0.2) is 41.5 Å². The van der Waals surface area contributed by atoms with Crippen LogP contribution >= 0.6 is 12.4 Å². The standard InChI is InChI=1S/C20H27F3N2O.ClH/c1-19(2)10-5-13-25(18(19)24-11-3-4-12-24)17(26)14-15-6-8-16(9-7-15)20(21,22)23;/h6-9,18H,3-5,10-14H2,1-2H3;1H. The molecule has 0 saturated carbocycles. The van der Waals surface area contributed by atoms with Gasteiger partial charge in [0.2, 0.25) is 5.91 Å². The van der Waals surface area contributed by atoms with E-state index in [9.17, 15) is 18.0 Å². The number of carbonyl (C=O) groups excluding carboxylic acids is 1. The predicted molar refractivity (Wildman–Crippen MR) is 102 cm³/mol. The number of carbonyl (C=O) groups is 1. The summed E-state index contributed by atoms with van der Waals surface area (Å²) >= 11 is 0. The van der Waals surface area contributed by atoms with Crippen LogP contribution < -0.4 is 0 Å². The molecule has 0 aliphatic carbocycles. The minimum atomic E-state index is -4.35. The second-order valence-corrected chi connectivity index (χ2v) is 8.17. The number of halogens is 4. The Hall–Kier alpha value is -1.27. The molecule has 7 heteroatoms. The summed E-state index contributed by atoms with van der Waals surface area (Å²) in [6.07, 6.45) is 0.259. The van der Waals surface area contributed by atoms with Crippen molar-refractivity contribution in [3.63, 3.8) is 0 Å². The molecule has 152 valence electrons. The summed E-state index contributed by atoms with van der Waals surface area (Å²) in [6, 6.07) is 4.95. The molecule has 0 radical (unpaired) electrons. The van der Waals surface area contributed by atoms with Crippen molar-refractivity contribution in [1.29, 1.82) is 0 Å². The van der Waals surface area contributed by atoms with Crippen LogP contribution in [0.15, 0.2) is 24.3 Å². The van der Waals surface area contributed by atoms with E-state index in [1.165, 1.54) is 12.1 Å². The van der Waals surface area contributed by atoms with E-state index in [1.807, 2.05) is 4.90 Å². The Kier molecular flexibility index (Phi) is 6.85. The van der Waals surface area contributed by atoms with Gasteiger partial charge in [0.15, 0.2) is 0 Å². The number of piperidine rings is 1. The molecule has 1 aromatic carbocycles. The van der Waals surface area contributed by atoms with Crippen LogP contribution in [0.3, 0.4) is 0 Å². The molecule has 0 bridgehead atoms. The summed E-state index contributed by atoms with van der Waals surface area (Å²) in [5.41, 5.74) is -0.0208. The van der Waals surface area contributed by atoms with E-state index in [4.69, 9.17) is 0 Å². The average molecular weight is 405 g/mol. The number of hydrogen-bond donors (Lipinski definition) is 0. The van der Waals surface area contributed by atoms with Gasteiger partial charge in [0.25, 0.3) is 0 Å². The molecule has 0 aromatic heterocycles. The SMILES string of the molecule is CC1(C)CCCN(C(=O)Cc2ccc(C(F)(F)F)cc2)C1N1CCCC1.Cl. The minimum absolute atomic E-state index is 0. The smallest absolute Gasteiger partial charge is 0.326 e. The topological polar surface area (TPSA) is 23.6 Å². The zero-order valence-corrected chi connectivity index (χ0v) is 16.7. The Morgan fingerprint density at radius 3 is 2.22 bits per heavy atom. The average Bonchev–Trinajstić information content (AvgIpc) is 3.07. The first-order valence-corrected chi connectivity index (χ1v) is 9.38. The molecule has 27 heavy (non-hydrogen) atoms. The van der Waals surface area contributed by atoms with Crippen molar-refractivity contribution in [1.82, 2.24) is 9.80 Å². The predicted octanol–water partition coefficient (Wildman–Crippen LogP) is 4.74. The van der Waals surface area contributed by atoms with Gasteiger partial charge < -0.3 is 4.90 Å². The number of amides is 1. The van der Waals surface area contributed by atoms with Crippen molar-refractivity contribution >= 4 is 18.3 Å². The first-order valence-electron chi connectivity index (χ1n) is 9.38. The first-order chi connectivity index (χ1) is 12.2. The monoisotopic (exact) mass is 404 g/mol. The lowest BCUT2D eigenvalue weighted by Crippen LogP contribution is -2.60. The van der Waals surface area contributed by atoms with Crippen molar-refractivity contribution in [2.24, 2.45) is 5.41 Å². The van der Waals surface area contributed by atoms with Crippen molar-refractivity contribution in [3.8, 4) is 0 Å². The Bertz CT molecular complexity index is 640. The number of likely N-dealkylation sites (tertiary alicyclic amines) is 2. The lowest BCUT2D eigenvalue weighted by molar-refractivity contribution is -0.147. The molecular formula is C20H28ClF3N2O. The fourth-order valence-electron chi connectivity index (χ4n) is 4.40. The molecule has 0 spiro atoms. The zero-order chi connectivity index (χ0) is 18.9. The maximum absolute atomic E-state index is 13.0. The highest BCUT2D eigenvalue weighted by molar-refractivity contribution is 5.85. The molecule has 1 amide bonds. The summed E-state index contributed by atoms with van der Waals surface area (Å²) in [5, 5.41) is 0. The van der Waals surface area contributed by atoms with Crippen LogP contribution in [0.5, 0.6) is 0 Å². The maximum Gasteiger partial charge on any atom is 0.416 e. The van der Waals surface area contributed by atoms with Crippen molar-refractivity contribution < 1.29 is 18.0 Å². The molecule has 1 atom stereocenters. The van der Waals surface area contributed by atoms with Gasteiger partial charge in [-0.15, -0.1) is 12.4 Å². The molecule has 3 rings (SSSR count). The van der Waals surface area contributed by atoms with E-state index in [2.05, 4.69) is 18.7 Å². The minimum Gasteiger partial charge on any atom is -0.326 e. The van der Waals surface area contributed by atoms with Gasteiger partial charge in [-0.25, -0.2) is 0 Å². The third-order valence-electron chi connectivity index (χ3n) is 5.66. The largest absolute Gasteiger partial charge is 0.416 e. The van der Waals surface area contributed by atoms with Crippen LogP contribution in [0.25, 0.3) is 0 Å². The fraction of sp³-hybridized carbons (Fsp3) is 0.650. The number of benzene rings is 1. The van der Waals surface area contributed by atoms with Gasteiger partial charge in [0, 0.05) is 19.6 Å². The fourth-order valence-corrected chi connectivity index (χ4v) is 4.40. The highest BCUT2D eigenvalue weighted by atomic mass is 35.5. The Morgan fingerprint density at radius 1 is 1.07 bits per heavy atom. The summed E-state index contributed by atoms with van der Waals surface area (Å²) in [7, 11) is 0. The van der Waals surface area contributed by atoms with Crippen molar-refractivity contribution in [2.75, 3.05) is 19.6 Å². The van der Waals surface area contributed by atoms with E-state index in [0.29, 0.717) is 5.56 Å². The molecule has 2 aliphatic rings. The quantitative estimate of drug-likeness (QED) is 0.726. The summed E-state index contributed by atoms with van der Waals surface area (Å²) < 4.78 is 38.1. The maximum atomic E-state index is 13.0. The molecule has 2 aliphatic heterocycles. The number of hydrogen-bond acceptors (Lipinski definition) is 2. The lowest BCUT2D eigenvalue weighted by atomic mass is 9.79. The third kappa shape index (κ3) is 4.96. The van der Waals surface area contributed by atoms with Gasteiger partial charge in [0.1, 0.15) is 0 Å². The van der Waals surface area contributed by atoms with E-state index < -0.39 is 11.7 Å². The summed E-state index contributed by atoms with van der Waals surface area (Å²) in [4.78, 5) is 17.4. The second kappa shape index (κ2) is 8.39. The van der Waals surface area contributed by atoms with Gasteiger partial charge in [0.05, 0.1) is 18.2 Å². The molecule has 2 saturated heterocycles. The van der Waals surface area contributed by atoms with Gasteiger partial charge in [-0.1, -0.05) is 26.0 Å². The van der Waals surface area contributed by atoms with Gasteiger partial charge in [-0.05, 0) is 48.8 Å². The van der Waals surface area contributed by atoms with E-state index >= 15 is 0 Å². The first kappa shape index (κ1) is 22.0. The molecule has 0 N–H and O–H groups in total. The van der Waals surface area contributed by atoms with E-state index in [1.54, 1.807) is 0 Å². The summed E-state index contributed by atoms with van der Waals surface area (Å²) in [6.45, 7) is 7.18. The van der Waals surface area contributed by atoms with E-state index in [-0.39, 0.29) is 36.3 Å². The Morgan fingerprint density at radius 2 is 1.67 bits per heavy atom. The molecular weight excluding hydrogens is 377 g/mol. The lowest BCUT2D eigenvalue weighted by Gasteiger charge is -2.50. The molecule has 3 nitrogen and oxygen atoms in total. The van der Waals surface area contributed by atoms with Crippen LogP contribution in [0.1, 0.15) is 50.7 Å². The zero-order valence-electron chi connectivity index (χ0n) is 15.9. The molecule has 1 aromatic rings.